The van der Waals surface area contributed by atoms with Gasteiger partial charge in [-0.1, -0.05) is 25.3 Å². The van der Waals surface area contributed by atoms with E-state index in [4.69, 9.17) is 14.2 Å². The summed E-state index contributed by atoms with van der Waals surface area (Å²) >= 11 is 0. The van der Waals surface area contributed by atoms with Crippen LogP contribution in [0, 0.1) is 5.92 Å². The van der Waals surface area contributed by atoms with Crippen molar-refractivity contribution in [2.24, 2.45) is 5.92 Å². The maximum atomic E-state index is 12.3. The molecular formula is C16H19NO7. The third-order valence-electron chi connectivity index (χ3n) is 3.98. The summed E-state index contributed by atoms with van der Waals surface area (Å²) in [5.41, 5.74) is 0. The average Bonchev–Trinajstić information content (AvgIpc) is 2.83. The predicted molar refractivity (Wildman–Crippen MR) is 80.8 cm³/mol. The molecule has 130 valence electrons. The van der Waals surface area contributed by atoms with E-state index in [9.17, 15) is 19.2 Å². The molecule has 1 amide bonds. The van der Waals surface area contributed by atoms with Gasteiger partial charge in [-0.05, 0) is 6.92 Å². The molecule has 2 rings (SSSR count). The molecule has 0 unspecified atom stereocenters. The van der Waals surface area contributed by atoms with E-state index in [2.05, 4.69) is 13.2 Å². The van der Waals surface area contributed by atoms with Gasteiger partial charge in [-0.3, -0.25) is 9.59 Å². The van der Waals surface area contributed by atoms with Crippen molar-refractivity contribution in [1.29, 1.82) is 0 Å². The quantitative estimate of drug-likeness (QED) is 0.290. The number of carbonyl (C=O) groups excluding carboxylic acids is 4. The molecule has 2 aliphatic heterocycles. The molecule has 0 N–H and O–H groups in total. The van der Waals surface area contributed by atoms with E-state index in [0.717, 1.165) is 0 Å². The maximum absolute atomic E-state index is 12.3. The van der Waals surface area contributed by atoms with Crippen LogP contribution in [0.5, 0.6) is 0 Å². The number of ketones is 1. The Morgan fingerprint density at radius 3 is 2.50 bits per heavy atom. The van der Waals surface area contributed by atoms with Crippen LogP contribution in [0.25, 0.3) is 0 Å². The van der Waals surface area contributed by atoms with Crippen LogP contribution in [0.1, 0.15) is 13.3 Å². The number of esters is 1. The monoisotopic (exact) mass is 337 g/mol. The third-order valence-corrected chi connectivity index (χ3v) is 3.98. The molecule has 0 aromatic heterocycles. The van der Waals surface area contributed by atoms with Gasteiger partial charge in [0, 0.05) is 6.42 Å². The molecule has 4 atom stereocenters. The van der Waals surface area contributed by atoms with E-state index < -0.39 is 42.1 Å². The molecule has 2 fully saturated rings. The van der Waals surface area contributed by atoms with Gasteiger partial charge in [0.1, 0.15) is 19.3 Å². The molecule has 2 aliphatic rings. The fraction of sp³-hybridized carbons (Fsp3) is 0.500. The smallest absolute Gasteiger partial charge is 0.460 e. The number of nitrogens with zero attached hydrogens (tertiary/aromatic N) is 1. The molecule has 0 bridgehead atoms. The molecule has 8 heteroatoms. The van der Waals surface area contributed by atoms with Gasteiger partial charge in [-0.2, -0.15) is 0 Å². The summed E-state index contributed by atoms with van der Waals surface area (Å²) in [7, 11) is 0. The van der Waals surface area contributed by atoms with Crippen LogP contribution in [-0.4, -0.2) is 60.1 Å². The second kappa shape index (κ2) is 7.29. The minimum absolute atomic E-state index is 0.00454. The Hall–Kier alpha value is -2.64. The molecule has 0 aromatic carbocycles. The van der Waals surface area contributed by atoms with Crippen molar-refractivity contribution in [1.82, 2.24) is 4.90 Å². The van der Waals surface area contributed by atoms with Crippen LogP contribution < -0.4 is 0 Å². The van der Waals surface area contributed by atoms with Crippen LogP contribution in [0.15, 0.2) is 25.3 Å². The lowest BCUT2D eigenvalue weighted by Gasteiger charge is -2.45. The lowest BCUT2D eigenvalue weighted by Crippen LogP contribution is -2.65. The van der Waals surface area contributed by atoms with E-state index in [-0.39, 0.29) is 25.4 Å². The highest BCUT2D eigenvalue weighted by Crippen LogP contribution is 2.40. The summed E-state index contributed by atoms with van der Waals surface area (Å²) in [6, 6.07) is -1.70. The fourth-order valence-electron chi connectivity index (χ4n) is 2.97. The number of hydrogen-bond acceptors (Lipinski definition) is 7. The van der Waals surface area contributed by atoms with Gasteiger partial charge < -0.3 is 19.1 Å². The molecule has 0 radical (unpaired) electrons. The number of rotatable bonds is 7. The zero-order valence-corrected chi connectivity index (χ0v) is 13.3. The second-order valence-corrected chi connectivity index (χ2v) is 5.50. The SMILES string of the molecule is C=CCOC(=O)O[C@H](C)[C@H]1C(=O)N2[C@@H](C(=O)OCC=C)C(=O)C[C@H]12. The van der Waals surface area contributed by atoms with Crippen LogP contribution in [0.2, 0.25) is 0 Å². The van der Waals surface area contributed by atoms with Gasteiger partial charge >= 0.3 is 12.1 Å². The maximum Gasteiger partial charge on any atom is 0.508 e. The predicted octanol–water partition coefficient (Wildman–Crippen LogP) is 0.612. The Balaban J connectivity index is 1.99. The number of ether oxygens (including phenoxy) is 3. The molecule has 8 nitrogen and oxygen atoms in total. The Kier molecular flexibility index (Phi) is 5.38. The molecular weight excluding hydrogens is 318 g/mol. The first-order valence-corrected chi connectivity index (χ1v) is 7.49. The Morgan fingerprint density at radius 2 is 1.88 bits per heavy atom. The van der Waals surface area contributed by atoms with E-state index in [0.29, 0.717) is 0 Å². The Morgan fingerprint density at radius 1 is 1.25 bits per heavy atom. The topological polar surface area (TPSA) is 99.2 Å². The lowest BCUT2D eigenvalue weighted by molar-refractivity contribution is -0.172. The van der Waals surface area contributed by atoms with Gasteiger partial charge in [0.15, 0.2) is 11.8 Å². The molecule has 0 aromatic rings. The summed E-state index contributed by atoms with van der Waals surface area (Å²) < 4.78 is 14.6. The van der Waals surface area contributed by atoms with Crippen LogP contribution >= 0.6 is 0 Å². The van der Waals surface area contributed by atoms with Crippen LogP contribution in [0.4, 0.5) is 4.79 Å². The number of Topliss-reactive ketones (excluding diaryl/α,β-unsaturated/α-hetero) is 1. The minimum Gasteiger partial charge on any atom is -0.460 e. The number of hydrogen-bond donors (Lipinski definition) is 0. The van der Waals surface area contributed by atoms with Crippen molar-refractivity contribution in [2.45, 2.75) is 31.5 Å². The van der Waals surface area contributed by atoms with Crippen LogP contribution in [0.3, 0.4) is 0 Å². The molecule has 0 aliphatic carbocycles. The summed E-state index contributed by atoms with van der Waals surface area (Å²) in [6.07, 6.45) is 1.10. The van der Waals surface area contributed by atoms with Crippen molar-refractivity contribution in [3.63, 3.8) is 0 Å². The fourth-order valence-corrected chi connectivity index (χ4v) is 2.97. The van der Waals surface area contributed by atoms with Crippen molar-refractivity contribution in [3.8, 4) is 0 Å². The van der Waals surface area contributed by atoms with Crippen molar-refractivity contribution in [2.75, 3.05) is 13.2 Å². The summed E-state index contributed by atoms with van der Waals surface area (Å²) in [4.78, 5) is 48.9. The summed E-state index contributed by atoms with van der Waals surface area (Å²) in [5.74, 6) is -2.25. The van der Waals surface area contributed by atoms with Crippen molar-refractivity contribution >= 4 is 23.8 Å². The molecule has 2 saturated heterocycles. The van der Waals surface area contributed by atoms with Crippen molar-refractivity contribution in [3.05, 3.63) is 25.3 Å². The third kappa shape index (κ3) is 3.17. The normalized spacial score (nSPS) is 26.0. The highest BCUT2D eigenvalue weighted by atomic mass is 16.7. The zero-order chi connectivity index (χ0) is 17.9. The Bertz CT molecular complexity index is 585. The van der Waals surface area contributed by atoms with E-state index >= 15 is 0 Å². The van der Waals surface area contributed by atoms with E-state index in [1.54, 1.807) is 6.92 Å². The summed E-state index contributed by atoms with van der Waals surface area (Å²) in [5, 5.41) is 0. The average molecular weight is 337 g/mol. The molecule has 24 heavy (non-hydrogen) atoms. The highest BCUT2D eigenvalue weighted by Gasteiger charge is 2.62. The molecule has 0 saturated carbocycles. The molecule has 2 heterocycles. The van der Waals surface area contributed by atoms with Gasteiger partial charge in [-0.25, -0.2) is 9.59 Å². The number of fused-ring (bicyclic) bond motifs is 1. The first kappa shape index (κ1) is 17.7. The van der Waals surface area contributed by atoms with Gasteiger partial charge in [0.05, 0.1) is 12.0 Å². The van der Waals surface area contributed by atoms with Gasteiger partial charge in [0.2, 0.25) is 5.91 Å². The first-order valence-electron chi connectivity index (χ1n) is 7.49. The molecule has 0 spiro atoms. The van der Waals surface area contributed by atoms with E-state index in [1.165, 1.54) is 17.1 Å². The number of amides is 1. The largest absolute Gasteiger partial charge is 0.508 e. The van der Waals surface area contributed by atoms with Crippen LogP contribution in [-0.2, 0) is 28.6 Å². The van der Waals surface area contributed by atoms with Gasteiger partial charge in [-0.15, -0.1) is 0 Å². The first-order chi connectivity index (χ1) is 11.4. The number of carbonyl (C=O) groups is 4. The minimum atomic E-state index is -1.22. The number of β-lactam (4-membered cyclic amide) rings is 1. The highest BCUT2D eigenvalue weighted by molar-refractivity contribution is 6.11. The van der Waals surface area contributed by atoms with Crippen molar-refractivity contribution < 1.29 is 33.4 Å². The zero-order valence-electron chi connectivity index (χ0n) is 13.3. The van der Waals surface area contributed by atoms with Gasteiger partial charge in [0.25, 0.3) is 0 Å². The standard InChI is InChI=1S/C16H19NO7/c1-4-6-22-15(20)13-11(18)8-10-12(14(19)17(10)13)9(3)24-16(21)23-7-5-2/h4-5,9-10,12-13H,1-2,6-8H2,3H3/t9-,10-,12-,13-/m1/s1. The summed E-state index contributed by atoms with van der Waals surface area (Å²) in [6.45, 7) is 8.32. The lowest BCUT2D eigenvalue weighted by atomic mass is 9.84. The van der Waals surface area contributed by atoms with E-state index in [1.807, 2.05) is 0 Å². The Labute approximate surface area is 139 Å². The second-order valence-electron chi connectivity index (χ2n) is 5.50.